The molecule has 9 rings (SSSR count). The van der Waals surface area contributed by atoms with Gasteiger partial charge in [0.1, 0.15) is 11.6 Å². The van der Waals surface area contributed by atoms with Gasteiger partial charge >= 0.3 is 0 Å². The molecule has 0 saturated heterocycles. The van der Waals surface area contributed by atoms with Gasteiger partial charge < -0.3 is 4.74 Å². The predicted molar refractivity (Wildman–Crippen MR) is 284 cm³/mol. The Morgan fingerprint density at radius 1 is 0.448 bits per heavy atom. The maximum atomic E-state index is 6.25. The van der Waals surface area contributed by atoms with Gasteiger partial charge in [-0.1, -0.05) is 178 Å². The Morgan fingerprint density at radius 2 is 1.06 bits per heavy atom. The van der Waals surface area contributed by atoms with Crippen LogP contribution in [0.3, 0.4) is 0 Å². The predicted octanol–water partition coefficient (Wildman–Crippen LogP) is 16.9. The molecule has 0 bridgehead atoms. The molecule has 0 radical (unpaired) electrons. The van der Waals surface area contributed by atoms with Gasteiger partial charge in [0.2, 0.25) is 0 Å². The highest BCUT2D eigenvalue weighted by atomic mass is 16.5. The second-order valence-corrected chi connectivity index (χ2v) is 21.3. The summed E-state index contributed by atoms with van der Waals surface area (Å²) in [4.78, 5) is 10.7. The molecular formula is C63H63N3O. The van der Waals surface area contributed by atoms with Crippen LogP contribution in [0.5, 0.6) is 5.75 Å². The smallest absolute Gasteiger partial charge is 0.149 e. The number of aryl methyl sites for hydroxylation is 2. The molecule has 0 aliphatic heterocycles. The van der Waals surface area contributed by atoms with Crippen LogP contribution in [0.15, 0.2) is 164 Å². The Balaban J connectivity index is 1.27. The Hall–Kier alpha value is -7.04. The van der Waals surface area contributed by atoms with Crippen molar-refractivity contribution in [3.8, 4) is 78.6 Å². The van der Waals surface area contributed by atoms with Crippen molar-refractivity contribution >= 4 is 11.0 Å². The summed E-state index contributed by atoms with van der Waals surface area (Å²) in [5.74, 6) is 1.66. The summed E-state index contributed by atoms with van der Waals surface area (Å²) in [5, 5.41) is 0. The summed E-state index contributed by atoms with van der Waals surface area (Å²) in [6.45, 7) is 24.8. The van der Waals surface area contributed by atoms with Gasteiger partial charge in [-0.15, -0.1) is 0 Å². The first-order valence-corrected chi connectivity index (χ1v) is 23.6. The lowest BCUT2D eigenvalue weighted by Gasteiger charge is -2.24. The third-order valence-electron chi connectivity index (χ3n) is 13.2. The molecule has 2 heterocycles. The quantitative estimate of drug-likeness (QED) is 0.153. The van der Waals surface area contributed by atoms with E-state index < -0.39 is 0 Å². The van der Waals surface area contributed by atoms with Crippen LogP contribution in [0.1, 0.15) is 90.1 Å². The number of hydrogen-bond acceptors (Lipinski definition) is 3. The van der Waals surface area contributed by atoms with Crippen molar-refractivity contribution in [3.63, 3.8) is 0 Å². The van der Waals surface area contributed by atoms with E-state index in [0.29, 0.717) is 0 Å². The topological polar surface area (TPSA) is 39.9 Å². The fraction of sp³-hybridized carbons (Fsp3) is 0.238. The summed E-state index contributed by atoms with van der Waals surface area (Å²) in [5.41, 5.74) is 20.9. The minimum Gasteiger partial charge on any atom is -0.496 e. The molecule has 0 spiro atoms. The van der Waals surface area contributed by atoms with Gasteiger partial charge in [-0.3, -0.25) is 9.55 Å². The number of imidazole rings is 1. The van der Waals surface area contributed by atoms with Crippen molar-refractivity contribution in [2.45, 2.75) is 92.4 Å². The average molecular weight is 878 g/mol. The number of pyridine rings is 1. The summed E-state index contributed by atoms with van der Waals surface area (Å²) in [7, 11) is 1.77. The van der Waals surface area contributed by atoms with E-state index >= 15 is 0 Å². The molecule has 2 aromatic heterocycles. The Morgan fingerprint density at radius 3 is 1.72 bits per heavy atom. The van der Waals surface area contributed by atoms with Crippen molar-refractivity contribution < 1.29 is 4.74 Å². The number of fused-ring (bicyclic) bond motifs is 1. The highest BCUT2D eigenvalue weighted by molar-refractivity contribution is 5.98. The van der Waals surface area contributed by atoms with Crippen molar-refractivity contribution in [1.29, 1.82) is 0 Å². The van der Waals surface area contributed by atoms with Crippen molar-refractivity contribution in [1.82, 2.24) is 14.5 Å². The molecule has 0 aliphatic rings. The van der Waals surface area contributed by atoms with Crippen molar-refractivity contribution in [2.24, 2.45) is 0 Å². The second-order valence-electron chi connectivity index (χ2n) is 21.3. The molecule has 67 heavy (non-hydrogen) atoms. The first-order valence-electron chi connectivity index (χ1n) is 23.6. The van der Waals surface area contributed by atoms with Crippen LogP contribution in [0.25, 0.3) is 83.9 Å². The van der Waals surface area contributed by atoms with E-state index in [1.807, 2.05) is 6.20 Å². The fourth-order valence-electron chi connectivity index (χ4n) is 9.34. The molecule has 7 aromatic carbocycles. The summed E-state index contributed by atoms with van der Waals surface area (Å²) >= 11 is 0. The van der Waals surface area contributed by atoms with Gasteiger partial charge in [0.15, 0.2) is 0 Å². The molecule has 0 saturated carbocycles. The van der Waals surface area contributed by atoms with E-state index in [-0.39, 0.29) is 16.2 Å². The molecule has 4 heteroatoms. The van der Waals surface area contributed by atoms with Crippen LogP contribution in [-0.2, 0) is 16.2 Å². The van der Waals surface area contributed by atoms with E-state index in [4.69, 9.17) is 14.7 Å². The summed E-state index contributed by atoms with van der Waals surface area (Å²) in [6, 6.07) is 57.8. The minimum absolute atomic E-state index is 0.0409. The zero-order chi connectivity index (χ0) is 47.4. The van der Waals surface area contributed by atoms with E-state index in [9.17, 15) is 0 Å². The Bertz CT molecular complexity index is 3260. The van der Waals surface area contributed by atoms with Crippen LogP contribution in [-0.4, -0.2) is 21.6 Å². The molecular weight excluding hydrogens is 815 g/mol. The number of nitrogens with zero attached hydrogens (tertiary/aromatic N) is 3. The zero-order valence-corrected chi connectivity index (χ0v) is 41.3. The Labute approximate surface area is 398 Å². The second kappa shape index (κ2) is 17.3. The molecule has 0 aliphatic carbocycles. The summed E-state index contributed by atoms with van der Waals surface area (Å²) < 4.78 is 8.64. The minimum atomic E-state index is -0.134. The van der Waals surface area contributed by atoms with Crippen molar-refractivity contribution in [2.75, 3.05) is 7.11 Å². The number of hydrogen-bond donors (Lipinski definition) is 0. The third kappa shape index (κ3) is 8.98. The van der Waals surface area contributed by atoms with Crippen LogP contribution in [0.2, 0.25) is 0 Å². The number of benzene rings is 7. The van der Waals surface area contributed by atoms with E-state index in [1.54, 1.807) is 7.11 Å². The van der Waals surface area contributed by atoms with Gasteiger partial charge in [0.05, 0.1) is 35.1 Å². The van der Waals surface area contributed by atoms with Crippen molar-refractivity contribution in [3.05, 3.63) is 192 Å². The number of methoxy groups -OCH3 is 1. The van der Waals surface area contributed by atoms with Crippen LogP contribution in [0.4, 0.5) is 0 Å². The lowest BCUT2D eigenvalue weighted by Crippen LogP contribution is -2.13. The zero-order valence-electron chi connectivity index (χ0n) is 41.3. The first-order chi connectivity index (χ1) is 31.9. The first kappa shape index (κ1) is 45.1. The highest BCUT2D eigenvalue weighted by Crippen LogP contribution is 2.44. The molecule has 0 N–H and O–H groups in total. The highest BCUT2D eigenvalue weighted by Gasteiger charge is 2.26. The molecule has 0 fully saturated rings. The summed E-state index contributed by atoms with van der Waals surface area (Å²) in [6.07, 6.45) is 1.94. The monoisotopic (exact) mass is 877 g/mol. The standard InChI is InChI=1S/C63H63N3O/c1-40-33-41(2)59(67-12)54(34-40)60-65-58-53(19-16-20-56(58)66(60)57-39-50(62(6,7)8)29-30-52(57)45-25-27-49(28-26-45)61(3,4)5)47-35-48(37-51(36-47)63(9,10)11)55-38-46(31-32-64-55)44-23-21-43(22-24-44)42-17-14-13-15-18-42/h13-39H,1-12H3. The van der Waals surface area contributed by atoms with Gasteiger partial charge in [0, 0.05) is 22.9 Å². The molecule has 4 nitrogen and oxygen atoms in total. The number of aromatic nitrogens is 3. The van der Waals surface area contributed by atoms with E-state index in [0.717, 1.165) is 89.6 Å². The van der Waals surface area contributed by atoms with Gasteiger partial charge in [0.25, 0.3) is 0 Å². The van der Waals surface area contributed by atoms with Crippen LogP contribution >= 0.6 is 0 Å². The maximum Gasteiger partial charge on any atom is 0.149 e. The van der Waals surface area contributed by atoms with E-state index in [1.165, 1.54) is 27.8 Å². The largest absolute Gasteiger partial charge is 0.496 e. The lowest BCUT2D eigenvalue weighted by molar-refractivity contribution is 0.413. The van der Waals surface area contributed by atoms with Gasteiger partial charge in [-0.2, -0.15) is 0 Å². The Kier molecular flexibility index (Phi) is 11.7. The van der Waals surface area contributed by atoms with Crippen LogP contribution < -0.4 is 4.74 Å². The molecule has 336 valence electrons. The van der Waals surface area contributed by atoms with Crippen LogP contribution in [0, 0.1) is 13.8 Å². The normalized spacial score (nSPS) is 12.2. The lowest BCUT2D eigenvalue weighted by atomic mass is 9.83. The SMILES string of the molecule is COc1c(C)cc(C)cc1-c1nc2c(-c3cc(-c4cc(-c5ccc(-c6ccccc6)cc5)ccn4)cc(C(C)(C)C)c3)cccc2n1-c1cc(C(C)(C)C)ccc1-c1ccc(C(C)(C)C)cc1. The van der Waals surface area contributed by atoms with Gasteiger partial charge in [-0.25, -0.2) is 4.98 Å². The van der Waals surface area contributed by atoms with E-state index in [2.05, 4.69) is 238 Å². The third-order valence-corrected chi connectivity index (χ3v) is 13.2. The molecule has 0 unspecified atom stereocenters. The molecule has 0 atom stereocenters. The molecule has 9 aromatic rings. The molecule has 0 amide bonds. The van der Waals surface area contributed by atoms with Gasteiger partial charge in [-0.05, 0) is 134 Å². The average Bonchev–Trinajstić information content (AvgIpc) is 3.70. The number of para-hydroxylation sites is 1. The number of ether oxygens (including phenoxy) is 1. The number of rotatable bonds is 8. The maximum absolute atomic E-state index is 6.25. The fourth-order valence-corrected chi connectivity index (χ4v) is 9.34.